The highest BCUT2D eigenvalue weighted by Gasteiger charge is 2.15. The molecule has 0 bridgehead atoms. The molecule has 1 rings (SSSR count). The molecule has 4 heteroatoms. The lowest BCUT2D eigenvalue weighted by atomic mass is 9.99. The first-order chi connectivity index (χ1) is 8.45. The van der Waals surface area contributed by atoms with Crippen molar-refractivity contribution in [2.45, 2.75) is 20.3 Å². The van der Waals surface area contributed by atoms with Crippen molar-refractivity contribution >= 4 is 5.97 Å². The molecule has 0 aliphatic heterocycles. The lowest BCUT2D eigenvalue weighted by molar-refractivity contribution is 0.0480. The molecule has 0 saturated carbocycles. The summed E-state index contributed by atoms with van der Waals surface area (Å²) in [6, 6.07) is 2.69. The zero-order chi connectivity index (χ0) is 13.7. The third-order valence-electron chi connectivity index (χ3n) is 2.78. The number of likely N-dealkylation sites (N-methyl/N-ethyl adjacent to an activating group) is 1. The lowest BCUT2D eigenvalue weighted by Crippen LogP contribution is -2.20. The smallest absolute Gasteiger partial charge is 0.338 e. The largest absolute Gasteiger partial charge is 0.461 e. The number of benzene rings is 1. The highest BCUT2D eigenvalue weighted by molar-refractivity contribution is 5.91. The Balaban J connectivity index is 2.84. The maximum atomic E-state index is 13.3. The van der Waals surface area contributed by atoms with E-state index in [1.807, 2.05) is 25.9 Å². The summed E-state index contributed by atoms with van der Waals surface area (Å²) in [4.78, 5) is 13.8. The van der Waals surface area contributed by atoms with Crippen molar-refractivity contribution in [3.63, 3.8) is 0 Å². The number of carbonyl (C=O) groups excluding carboxylic acids is 1. The summed E-state index contributed by atoms with van der Waals surface area (Å²) in [6.07, 6.45) is 0.685. The minimum Gasteiger partial charge on any atom is -0.461 e. The van der Waals surface area contributed by atoms with Gasteiger partial charge in [-0.2, -0.15) is 0 Å². The molecule has 0 amide bonds. The molecule has 1 aromatic carbocycles. The quantitative estimate of drug-likeness (QED) is 0.755. The van der Waals surface area contributed by atoms with Crippen LogP contribution in [0.3, 0.4) is 0 Å². The van der Waals surface area contributed by atoms with Crippen LogP contribution < -0.4 is 0 Å². The molecular weight excluding hydrogens is 233 g/mol. The Bertz CT molecular complexity index is 430. The van der Waals surface area contributed by atoms with Crippen molar-refractivity contribution in [2.24, 2.45) is 0 Å². The van der Waals surface area contributed by atoms with E-state index in [1.165, 1.54) is 12.1 Å². The Morgan fingerprint density at radius 2 is 2.06 bits per heavy atom. The second-order valence-corrected chi connectivity index (χ2v) is 4.54. The highest BCUT2D eigenvalue weighted by Crippen LogP contribution is 2.18. The molecule has 0 N–H and O–H groups in total. The van der Waals surface area contributed by atoms with Crippen LogP contribution in [0.2, 0.25) is 0 Å². The number of esters is 1. The van der Waals surface area contributed by atoms with Gasteiger partial charge in [0.05, 0.1) is 5.56 Å². The van der Waals surface area contributed by atoms with Crippen molar-refractivity contribution in [1.82, 2.24) is 4.90 Å². The van der Waals surface area contributed by atoms with Gasteiger partial charge in [-0.15, -0.1) is 0 Å². The standard InChI is InChI=1S/C14H20FNO2/c1-5-12-10(2)8-11(15)9-13(12)14(17)18-7-6-16(3)4/h8-9H,5-7H2,1-4H3. The van der Waals surface area contributed by atoms with Gasteiger partial charge in [0.15, 0.2) is 0 Å². The molecule has 0 radical (unpaired) electrons. The second kappa shape index (κ2) is 6.50. The van der Waals surface area contributed by atoms with E-state index in [0.717, 1.165) is 11.1 Å². The van der Waals surface area contributed by atoms with Crippen molar-refractivity contribution in [1.29, 1.82) is 0 Å². The monoisotopic (exact) mass is 253 g/mol. The lowest BCUT2D eigenvalue weighted by Gasteiger charge is -2.13. The average Bonchev–Trinajstić information content (AvgIpc) is 2.27. The SMILES string of the molecule is CCc1c(C)cc(F)cc1C(=O)OCCN(C)C. The van der Waals surface area contributed by atoms with E-state index in [0.29, 0.717) is 25.1 Å². The number of hydrogen-bond donors (Lipinski definition) is 0. The Labute approximate surface area is 108 Å². The van der Waals surface area contributed by atoms with Gasteiger partial charge >= 0.3 is 5.97 Å². The molecule has 0 aliphatic carbocycles. The topological polar surface area (TPSA) is 29.5 Å². The van der Waals surface area contributed by atoms with Gasteiger partial charge in [-0.05, 0) is 50.7 Å². The zero-order valence-electron chi connectivity index (χ0n) is 11.4. The van der Waals surface area contributed by atoms with Gasteiger partial charge in [0, 0.05) is 6.54 Å². The van der Waals surface area contributed by atoms with E-state index in [1.54, 1.807) is 6.92 Å². The molecular formula is C14H20FNO2. The zero-order valence-corrected chi connectivity index (χ0v) is 11.4. The van der Waals surface area contributed by atoms with Crippen LogP contribution in [-0.2, 0) is 11.2 Å². The van der Waals surface area contributed by atoms with E-state index in [-0.39, 0.29) is 0 Å². The summed E-state index contributed by atoms with van der Waals surface area (Å²) in [5.74, 6) is -0.847. The summed E-state index contributed by atoms with van der Waals surface area (Å²) in [6.45, 7) is 4.71. The first kappa shape index (κ1) is 14.6. The van der Waals surface area contributed by atoms with Gasteiger partial charge in [0.25, 0.3) is 0 Å². The van der Waals surface area contributed by atoms with Crippen LogP contribution in [0.5, 0.6) is 0 Å². The third-order valence-corrected chi connectivity index (χ3v) is 2.78. The van der Waals surface area contributed by atoms with Gasteiger partial charge in [-0.3, -0.25) is 0 Å². The van der Waals surface area contributed by atoms with Crippen LogP contribution in [-0.4, -0.2) is 38.1 Å². The van der Waals surface area contributed by atoms with Crippen LogP contribution in [0.15, 0.2) is 12.1 Å². The Kier molecular flexibility index (Phi) is 5.28. The summed E-state index contributed by atoms with van der Waals surface area (Å²) in [5, 5.41) is 0. The predicted octanol–water partition coefficient (Wildman–Crippen LogP) is 2.41. The molecule has 0 heterocycles. The van der Waals surface area contributed by atoms with Gasteiger partial charge in [-0.25, -0.2) is 9.18 Å². The van der Waals surface area contributed by atoms with Gasteiger partial charge in [-0.1, -0.05) is 6.92 Å². The Morgan fingerprint density at radius 1 is 1.39 bits per heavy atom. The van der Waals surface area contributed by atoms with E-state index in [9.17, 15) is 9.18 Å². The summed E-state index contributed by atoms with van der Waals surface area (Å²) in [5.41, 5.74) is 1.98. The third kappa shape index (κ3) is 3.81. The first-order valence-corrected chi connectivity index (χ1v) is 6.06. The average molecular weight is 253 g/mol. The molecule has 0 spiro atoms. The molecule has 0 fully saturated rings. The van der Waals surface area contributed by atoms with Crippen LogP contribution >= 0.6 is 0 Å². The van der Waals surface area contributed by atoms with E-state index in [4.69, 9.17) is 4.74 Å². The minimum absolute atomic E-state index is 0.310. The number of rotatable bonds is 5. The maximum absolute atomic E-state index is 13.3. The fraction of sp³-hybridized carbons (Fsp3) is 0.500. The van der Waals surface area contributed by atoms with Crippen LogP contribution in [0.25, 0.3) is 0 Å². The summed E-state index contributed by atoms with van der Waals surface area (Å²) >= 11 is 0. The van der Waals surface area contributed by atoms with Gasteiger partial charge < -0.3 is 9.64 Å². The van der Waals surface area contributed by atoms with Crippen molar-refractivity contribution < 1.29 is 13.9 Å². The molecule has 3 nitrogen and oxygen atoms in total. The van der Waals surface area contributed by atoms with E-state index >= 15 is 0 Å². The van der Waals surface area contributed by atoms with E-state index in [2.05, 4.69) is 0 Å². The number of carbonyl (C=O) groups is 1. The molecule has 0 saturated heterocycles. The second-order valence-electron chi connectivity index (χ2n) is 4.54. The first-order valence-electron chi connectivity index (χ1n) is 6.06. The molecule has 1 aromatic rings. The fourth-order valence-electron chi connectivity index (χ4n) is 1.82. The maximum Gasteiger partial charge on any atom is 0.338 e. The molecule has 0 aromatic heterocycles. The predicted molar refractivity (Wildman–Crippen MR) is 69.4 cm³/mol. The fourth-order valence-corrected chi connectivity index (χ4v) is 1.82. The molecule has 0 atom stereocenters. The minimum atomic E-state index is -0.448. The molecule has 100 valence electrons. The number of aryl methyl sites for hydroxylation is 1. The summed E-state index contributed by atoms with van der Waals surface area (Å²) in [7, 11) is 3.80. The number of ether oxygens (including phenoxy) is 1. The van der Waals surface area contributed by atoms with Crippen molar-refractivity contribution in [3.8, 4) is 0 Å². The number of hydrogen-bond acceptors (Lipinski definition) is 3. The Hall–Kier alpha value is -1.42. The van der Waals surface area contributed by atoms with Gasteiger partial charge in [0.2, 0.25) is 0 Å². The van der Waals surface area contributed by atoms with E-state index < -0.39 is 11.8 Å². The molecule has 0 aliphatic rings. The summed E-state index contributed by atoms with van der Waals surface area (Å²) < 4.78 is 18.5. The highest BCUT2D eigenvalue weighted by atomic mass is 19.1. The Morgan fingerprint density at radius 3 is 2.61 bits per heavy atom. The van der Waals surface area contributed by atoms with Crippen molar-refractivity contribution in [3.05, 3.63) is 34.6 Å². The molecule has 0 unspecified atom stereocenters. The number of halogens is 1. The van der Waals surface area contributed by atoms with Crippen LogP contribution in [0.4, 0.5) is 4.39 Å². The normalized spacial score (nSPS) is 10.8. The van der Waals surface area contributed by atoms with Crippen LogP contribution in [0.1, 0.15) is 28.4 Å². The van der Waals surface area contributed by atoms with Crippen LogP contribution in [0, 0.1) is 12.7 Å². The number of nitrogens with zero attached hydrogens (tertiary/aromatic N) is 1. The van der Waals surface area contributed by atoms with Gasteiger partial charge in [0.1, 0.15) is 12.4 Å². The van der Waals surface area contributed by atoms with Crippen molar-refractivity contribution in [2.75, 3.05) is 27.2 Å². The molecule has 18 heavy (non-hydrogen) atoms.